The van der Waals surface area contributed by atoms with Crippen molar-refractivity contribution in [3.63, 3.8) is 0 Å². The molecule has 1 fully saturated rings. The highest BCUT2D eigenvalue weighted by molar-refractivity contribution is 5.51. The molecule has 88 valence electrons. The Bertz CT molecular complexity index is 356. The van der Waals surface area contributed by atoms with Crippen LogP contribution >= 0.6 is 0 Å². The minimum absolute atomic E-state index is 0.735. The topological polar surface area (TPSA) is 29.3 Å². The van der Waals surface area contributed by atoms with Crippen molar-refractivity contribution in [2.75, 3.05) is 18.5 Å². The van der Waals surface area contributed by atoms with E-state index >= 15 is 0 Å². The summed E-state index contributed by atoms with van der Waals surface area (Å²) >= 11 is 0. The van der Waals surface area contributed by atoms with Gasteiger partial charge in [-0.25, -0.2) is 0 Å². The number of rotatable bonds is 4. The van der Waals surface area contributed by atoms with E-state index in [1.165, 1.54) is 36.1 Å². The van der Waals surface area contributed by atoms with Crippen LogP contribution in [0, 0.1) is 6.92 Å². The molecule has 1 aliphatic rings. The lowest BCUT2D eigenvalue weighted by atomic mass is 9.91. The molecule has 0 heterocycles. The monoisotopic (exact) mass is 218 g/mol. The molecular weight excluding hydrogens is 196 g/mol. The van der Waals surface area contributed by atoms with E-state index in [4.69, 9.17) is 5.73 Å². The molecule has 1 aromatic carbocycles. The quantitative estimate of drug-likeness (QED) is 0.841. The first kappa shape index (κ1) is 11.5. The third kappa shape index (κ3) is 2.22. The molecule has 0 atom stereocenters. The predicted octanol–water partition coefficient (Wildman–Crippen LogP) is 2.48. The van der Waals surface area contributed by atoms with E-state index in [9.17, 15) is 0 Å². The van der Waals surface area contributed by atoms with E-state index in [2.05, 4.69) is 37.1 Å². The minimum Gasteiger partial charge on any atom is -0.372 e. The average molecular weight is 218 g/mol. The molecule has 0 radical (unpaired) electrons. The molecule has 0 saturated heterocycles. The van der Waals surface area contributed by atoms with E-state index in [-0.39, 0.29) is 0 Å². The Morgan fingerprint density at radius 1 is 1.38 bits per heavy atom. The van der Waals surface area contributed by atoms with E-state index in [1.54, 1.807) is 0 Å². The van der Waals surface area contributed by atoms with Gasteiger partial charge in [-0.05, 0) is 62.4 Å². The molecule has 0 amide bonds. The minimum atomic E-state index is 0.735. The molecular formula is C14H22N2. The van der Waals surface area contributed by atoms with Crippen LogP contribution in [0.1, 0.15) is 30.4 Å². The van der Waals surface area contributed by atoms with Crippen LogP contribution in [0.3, 0.4) is 0 Å². The van der Waals surface area contributed by atoms with Gasteiger partial charge in [0, 0.05) is 18.8 Å². The smallest absolute Gasteiger partial charge is 0.0368 e. The average Bonchev–Trinajstić information content (AvgIpc) is 2.18. The van der Waals surface area contributed by atoms with Crippen LogP contribution in [0.15, 0.2) is 18.2 Å². The first-order chi connectivity index (χ1) is 7.72. The number of hydrogen-bond donors (Lipinski definition) is 1. The molecule has 0 aliphatic heterocycles. The lowest BCUT2D eigenvalue weighted by Crippen LogP contribution is -2.37. The summed E-state index contributed by atoms with van der Waals surface area (Å²) in [4.78, 5) is 2.42. The molecule has 1 saturated carbocycles. The fourth-order valence-electron chi connectivity index (χ4n) is 2.32. The summed E-state index contributed by atoms with van der Waals surface area (Å²) in [6, 6.07) is 7.52. The van der Waals surface area contributed by atoms with Gasteiger partial charge in [0.05, 0.1) is 0 Å². The third-order valence-corrected chi connectivity index (χ3v) is 3.77. The standard InChI is InChI=1S/C14H22N2/c1-11-10-14(7-6-12(11)8-9-15)16(2)13-4-3-5-13/h6-7,10,13H,3-5,8-9,15H2,1-2H3. The third-order valence-electron chi connectivity index (χ3n) is 3.77. The Morgan fingerprint density at radius 2 is 2.12 bits per heavy atom. The molecule has 0 unspecified atom stereocenters. The summed E-state index contributed by atoms with van der Waals surface area (Å²) in [5.74, 6) is 0. The Hall–Kier alpha value is -1.02. The van der Waals surface area contributed by atoms with Crippen molar-refractivity contribution in [2.45, 2.75) is 38.6 Å². The second-order valence-electron chi connectivity index (χ2n) is 4.85. The summed E-state index contributed by atoms with van der Waals surface area (Å²) in [7, 11) is 2.21. The summed E-state index contributed by atoms with van der Waals surface area (Å²) in [5, 5.41) is 0. The number of nitrogens with two attached hydrogens (primary N) is 1. The molecule has 0 bridgehead atoms. The number of anilines is 1. The Morgan fingerprint density at radius 3 is 2.62 bits per heavy atom. The maximum atomic E-state index is 5.60. The van der Waals surface area contributed by atoms with Crippen LogP contribution in [-0.4, -0.2) is 19.6 Å². The number of nitrogens with zero attached hydrogens (tertiary/aromatic N) is 1. The molecule has 2 nitrogen and oxygen atoms in total. The Labute approximate surface area is 98.4 Å². The molecule has 1 aromatic rings. The highest BCUT2D eigenvalue weighted by atomic mass is 15.1. The van der Waals surface area contributed by atoms with Gasteiger partial charge in [0.2, 0.25) is 0 Å². The second-order valence-corrected chi connectivity index (χ2v) is 4.85. The van der Waals surface area contributed by atoms with Gasteiger partial charge in [0.1, 0.15) is 0 Å². The van der Waals surface area contributed by atoms with Crippen LogP contribution in [0.5, 0.6) is 0 Å². The molecule has 2 rings (SSSR count). The van der Waals surface area contributed by atoms with Gasteiger partial charge in [-0.2, -0.15) is 0 Å². The first-order valence-electron chi connectivity index (χ1n) is 6.25. The zero-order valence-corrected chi connectivity index (χ0v) is 10.4. The van der Waals surface area contributed by atoms with Gasteiger partial charge in [0.15, 0.2) is 0 Å². The van der Waals surface area contributed by atoms with Crippen LogP contribution in [0.4, 0.5) is 5.69 Å². The van der Waals surface area contributed by atoms with E-state index in [0.717, 1.165) is 19.0 Å². The van der Waals surface area contributed by atoms with Gasteiger partial charge >= 0.3 is 0 Å². The maximum absolute atomic E-state index is 5.60. The SMILES string of the molecule is Cc1cc(N(C)C2CCC2)ccc1CCN. The van der Waals surface area contributed by atoms with Crippen molar-refractivity contribution in [3.8, 4) is 0 Å². The molecule has 1 aliphatic carbocycles. The van der Waals surface area contributed by atoms with Crippen molar-refractivity contribution in [2.24, 2.45) is 5.73 Å². The van der Waals surface area contributed by atoms with Crippen molar-refractivity contribution in [1.29, 1.82) is 0 Å². The van der Waals surface area contributed by atoms with E-state index < -0.39 is 0 Å². The zero-order valence-electron chi connectivity index (χ0n) is 10.4. The normalized spacial score (nSPS) is 15.9. The van der Waals surface area contributed by atoms with Gasteiger partial charge in [-0.15, -0.1) is 0 Å². The zero-order chi connectivity index (χ0) is 11.5. The second kappa shape index (κ2) is 4.88. The summed E-state index contributed by atoms with van der Waals surface area (Å²) in [5.41, 5.74) is 9.70. The molecule has 2 N–H and O–H groups in total. The van der Waals surface area contributed by atoms with Gasteiger partial charge < -0.3 is 10.6 Å². The fourth-order valence-corrected chi connectivity index (χ4v) is 2.32. The lowest BCUT2D eigenvalue weighted by Gasteiger charge is -2.36. The molecule has 0 spiro atoms. The first-order valence-corrected chi connectivity index (χ1v) is 6.25. The number of aryl methyl sites for hydroxylation is 1. The highest BCUT2D eigenvalue weighted by Gasteiger charge is 2.22. The molecule has 2 heteroatoms. The summed E-state index contributed by atoms with van der Waals surface area (Å²) < 4.78 is 0. The summed E-state index contributed by atoms with van der Waals surface area (Å²) in [6.07, 6.45) is 5.07. The lowest BCUT2D eigenvalue weighted by molar-refractivity contribution is 0.401. The van der Waals surface area contributed by atoms with E-state index in [0.29, 0.717) is 0 Å². The van der Waals surface area contributed by atoms with Gasteiger partial charge in [-0.3, -0.25) is 0 Å². The van der Waals surface area contributed by atoms with Crippen LogP contribution < -0.4 is 10.6 Å². The largest absolute Gasteiger partial charge is 0.372 e. The van der Waals surface area contributed by atoms with Crippen molar-refractivity contribution in [1.82, 2.24) is 0 Å². The molecule has 0 aromatic heterocycles. The van der Waals surface area contributed by atoms with Crippen molar-refractivity contribution in [3.05, 3.63) is 29.3 Å². The predicted molar refractivity (Wildman–Crippen MR) is 70.0 cm³/mol. The van der Waals surface area contributed by atoms with Crippen molar-refractivity contribution >= 4 is 5.69 Å². The van der Waals surface area contributed by atoms with Crippen LogP contribution in [0.2, 0.25) is 0 Å². The van der Waals surface area contributed by atoms with Gasteiger partial charge in [0.25, 0.3) is 0 Å². The molecule has 16 heavy (non-hydrogen) atoms. The van der Waals surface area contributed by atoms with Crippen molar-refractivity contribution < 1.29 is 0 Å². The highest BCUT2D eigenvalue weighted by Crippen LogP contribution is 2.29. The Balaban J connectivity index is 2.13. The number of benzene rings is 1. The maximum Gasteiger partial charge on any atom is 0.0368 e. The van der Waals surface area contributed by atoms with Gasteiger partial charge in [-0.1, -0.05) is 6.07 Å². The summed E-state index contributed by atoms with van der Waals surface area (Å²) in [6.45, 7) is 2.92. The number of hydrogen-bond acceptors (Lipinski definition) is 2. The van der Waals surface area contributed by atoms with Crippen LogP contribution in [0.25, 0.3) is 0 Å². The fraction of sp³-hybridized carbons (Fsp3) is 0.571. The Kier molecular flexibility index (Phi) is 3.49. The van der Waals surface area contributed by atoms with E-state index in [1.807, 2.05) is 0 Å². The van der Waals surface area contributed by atoms with Crippen LogP contribution in [-0.2, 0) is 6.42 Å².